The van der Waals surface area contributed by atoms with E-state index in [1.807, 2.05) is 36.4 Å². The average molecular weight is 526 g/mol. The fourth-order valence-electron chi connectivity index (χ4n) is 4.57. The van der Waals surface area contributed by atoms with Gasteiger partial charge in [0.2, 0.25) is 11.8 Å². The molecule has 2 aromatic carbocycles. The predicted octanol–water partition coefficient (Wildman–Crippen LogP) is 1.84. The summed E-state index contributed by atoms with van der Waals surface area (Å²) in [6.45, 7) is 1.36. The van der Waals surface area contributed by atoms with Crippen molar-refractivity contribution in [3.05, 3.63) is 53.6 Å². The standard InChI is InChI=1S/C28H35N3O7/c1-35-14-12-28(34)31-13-11-23-22(17-31)30-27(33)18-37-24-9-5-19(15-25(24)36-2)6-10-26(32)29-16-20-3-7-21(38-23)8-4-20/h3-5,7-9,15,22-23H,6,10-14,16-18H2,1-2H3,(H,29,32)(H,30,33)/t22-,23-/m1/s1. The fourth-order valence-corrected chi connectivity index (χ4v) is 4.57. The van der Waals surface area contributed by atoms with Crippen LogP contribution in [0.25, 0.3) is 0 Å². The highest BCUT2D eigenvalue weighted by Crippen LogP contribution is 2.29. The third-order valence-corrected chi connectivity index (χ3v) is 6.70. The maximum Gasteiger partial charge on any atom is 0.258 e. The van der Waals surface area contributed by atoms with Crippen molar-refractivity contribution in [2.24, 2.45) is 0 Å². The van der Waals surface area contributed by atoms with E-state index in [1.54, 1.807) is 18.1 Å². The number of hydrogen-bond donors (Lipinski definition) is 2. The number of benzene rings is 2. The maximum atomic E-state index is 12.9. The molecule has 0 radical (unpaired) electrons. The Balaban J connectivity index is 1.54. The molecule has 0 spiro atoms. The number of piperidine rings is 1. The molecule has 0 saturated carbocycles. The van der Waals surface area contributed by atoms with Gasteiger partial charge in [0.05, 0.1) is 26.2 Å². The van der Waals surface area contributed by atoms with E-state index in [4.69, 9.17) is 18.9 Å². The Morgan fingerprint density at radius 3 is 2.61 bits per heavy atom. The lowest BCUT2D eigenvalue weighted by atomic mass is 10.0. The molecule has 1 fully saturated rings. The second-order valence-electron chi connectivity index (χ2n) is 9.40. The summed E-state index contributed by atoms with van der Waals surface area (Å²) in [7, 11) is 3.09. The van der Waals surface area contributed by atoms with Crippen LogP contribution in [0.5, 0.6) is 17.2 Å². The van der Waals surface area contributed by atoms with Crippen LogP contribution in [0.1, 0.15) is 30.4 Å². The number of ether oxygens (including phenoxy) is 4. The molecule has 204 valence electrons. The number of carbonyl (C=O) groups is 3. The Kier molecular flexibility index (Phi) is 9.42. The second kappa shape index (κ2) is 13.1. The molecule has 2 atom stereocenters. The zero-order valence-corrected chi connectivity index (χ0v) is 21.9. The molecular weight excluding hydrogens is 490 g/mol. The number of carbonyl (C=O) groups excluding carboxylic acids is 3. The number of nitrogens with zero attached hydrogens (tertiary/aromatic N) is 1. The molecule has 10 heteroatoms. The van der Waals surface area contributed by atoms with Crippen LogP contribution in [0, 0.1) is 0 Å². The van der Waals surface area contributed by atoms with Gasteiger partial charge in [-0.3, -0.25) is 14.4 Å². The molecule has 10 nitrogen and oxygen atoms in total. The highest BCUT2D eigenvalue weighted by Gasteiger charge is 2.34. The summed E-state index contributed by atoms with van der Waals surface area (Å²) in [5.74, 6) is 1.15. The van der Waals surface area contributed by atoms with E-state index < -0.39 is 6.04 Å². The van der Waals surface area contributed by atoms with Gasteiger partial charge in [0.1, 0.15) is 11.9 Å². The normalized spacial score (nSPS) is 20.4. The molecule has 5 aliphatic rings. The number of amides is 3. The van der Waals surface area contributed by atoms with Gasteiger partial charge in [-0.05, 0) is 41.8 Å². The molecule has 0 aromatic heterocycles. The summed E-state index contributed by atoms with van der Waals surface area (Å²) in [5, 5.41) is 5.96. The molecule has 5 aliphatic heterocycles. The lowest BCUT2D eigenvalue weighted by Crippen LogP contribution is -2.58. The topological polar surface area (TPSA) is 115 Å². The summed E-state index contributed by atoms with van der Waals surface area (Å²) >= 11 is 0. The minimum atomic E-state index is -0.430. The molecule has 2 aromatic rings. The van der Waals surface area contributed by atoms with Crippen LogP contribution in [0.3, 0.4) is 0 Å². The van der Waals surface area contributed by atoms with Crippen LogP contribution in [-0.4, -0.2) is 75.3 Å². The first kappa shape index (κ1) is 27.3. The number of likely N-dealkylation sites (tertiary alicyclic amines) is 1. The van der Waals surface area contributed by atoms with Gasteiger partial charge in [-0.15, -0.1) is 0 Å². The Bertz CT molecular complexity index is 1120. The second-order valence-corrected chi connectivity index (χ2v) is 9.40. The minimum Gasteiger partial charge on any atom is -0.493 e. The molecular formula is C28H35N3O7. The molecule has 0 aliphatic carbocycles. The van der Waals surface area contributed by atoms with E-state index in [0.29, 0.717) is 62.8 Å². The summed E-state index contributed by atoms with van der Waals surface area (Å²) in [6, 6.07) is 12.5. The molecule has 4 bridgehead atoms. The first-order chi connectivity index (χ1) is 18.4. The van der Waals surface area contributed by atoms with Crippen molar-refractivity contribution in [1.82, 2.24) is 15.5 Å². The molecule has 0 unspecified atom stereocenters. The van der Waals surface area contributed by atoms with Crippen molar-refractivity contribution in [2.75, 3.05) is 40.5 Å². The molecule has 2 N–H and O–H groups in total. The first-order valence-corrected chi connectivity index (χ1v) is 12.8. The zero-order chi connectivity index (χ0) is 26.9. The number of hydrogen-bond acceptors (Lipinski definition) is 7. The van der Waals surface area contributed by atoms with E-state index in [9.17, 15) is 14.4 Å². The van der Waals surface area contributed by atoms with E-state index in [1.165, 1.54) is 7.11 Å². The van der Waals surface area contributed by atoms with Crippen molar-refractivity contribution in [3.8, 4) is 17.2 Å². The number of nitrogens with one attached hydrogen (secondary N) is 2. The van der Waals surface area contributed by atoms with Crippen molar-refractivity contribution in [1.29, 1.82) is 0 Å². The highest BCUT2D eigenvalue weighted by molar-refractivity contribution is 5.79. The van der Waals surface area contributed by atoms with E-state index >= 15 is 0 Å². The third kappa shape index (κ3) is 7.38. The Labute approximate surface area is 222 Å². The van der Waals surface area contributed by atoms with E-state index in [-0.39, 0.29) is 36.9 Å². The van der Waals surface area contributed by atoms with Crippen molar-refractivity contribution >= 4 is 17.7 Å². The number of rotatable bonds is 4. The van der Waals surface area contributed by atoms with Crippen molar-refractivity contribution in [2.45, 2.75) is 44.4 Å². The highest BCUT2D eigenvalue weighted by atomic mass is 16.5. The van der Waals surface area contributed by atoms with Crippen LogP contribution in [0.15, 0.2) is 42.5 Å². The van der Waals surface area contributed by atoms with E-state index in [0.717, 1.165) is 11.1 Å². The fraction of sp³-hybridized carbons (Fsp3) is 0.464. The molecule has 38 heavy (non-hydrogen) atoms. The Morgan fingerprint density at radius 1 is 1.05 bits per heavy atom. The lowest BCUT2D eigenvalue weighted by molar-refractivity contribution is -0.136. The van der Waals surface area contributed by atoms with Crippen LogP contribution in [0.2, 0.25) is 0 Å². The molecule has 3 amide bonds. The Hall–Kier alpha value is -3.79. The van der Waals surface area contributed by atoms with Crippen LogP contribution < -0.4 is 24.8 Å². The first-order valence-electron chi connectivity index (χ1n) is 12.8. The van der Waals surface area contributed by atoms with Crippen LogP contribution in [-0.2, 0) is 32.1 Å². The summed E-state index contributed by atoms with van der Waals surface area (Å²) in [5.41, 5.74) is 1.87. The van der Waals surface area contributed by atoms with Crippen molar-refractivity contribution in [3.63, 3.8) is 0 Å². The maximum absolute atomic E-state index is 12.9. The van der Waals surface area contributed by atoms with Gasteiger partial charge in [-0.1, -0.05) is 18.2 Å². The molecule has 5 heterocycles. The van der Waals surface area contributed by atoms with Crippen molar-refractivity contribution < 1.29 is 33.3 Å². The van der Waals surface area contributed by atoms with Gasteiger partial charge in [0.15, 0.2) is 18.1 Å². The van der Waals surface area contributed by atoms with Crippen LogP contribution >= 0.6 is 0 Å². The third-order valence-electron chi connectivity index (χ3n) is 6.70. The number of methoxy groups -OCH3 is 2. The average Bonchev–Trinajstić information content (AvgIpc) is 2.93. The largest absolute Gasteiger partial charge is 0.493 e. The Morgan fingerprint density at radius 2 is 1.84 bits per heavy atom. The SMILES string of the molecule is COCCC(=O)N1CC[C@H]2Oc3ccc(cc3)CNC(=O)CCc3ccc(c(OC)c3)OCC(=O)N[C@@H]2C1. The van der Waals surface area contributed by atoms with Crippen LogP contribution in [0.4, 0.5) is 0 Å². The van der Waals surface area contributed by atoms with Gasteiger partial charge >= 0.3 is 0 Å². The quantitative estimate of drug-likeness (QED) is 0.626. The lowest BCUT2D eigenvalue weighted by Gasteiger charge is -2.39. The minimum absolute atomic E-state index is 0.0292. The van der Waals surface area contributed by atoms with E-state index in [2.05, 4.69) is 10.6 Å². The van der Waals surface area contributed by atoms with Gasteiger partial charge in [-0.25, -0.2) is 0 Å². The van der Waals surface area contributed by atoms with Gasteiger partial charge in [0.25, 0.3) is 5.91 Å². The zero-order valence-electron chi connectivity index (χ0n) is 21.9. The smallest absolute Gasteiger partial charge is 0.258 e. The molecule has 7 rings (SSSR count). The predicted molar refractivity (Wildman–Crippen MR) is 139 cm³/mol. The number of aryl methyl sites for hydroxylation is 1. The summed E-state index contributed by atoms with van der Waals surface area (Å²) in [4.78, 5) is 39.7. The van der Waals surface area contributed by atoms with Gasteiger partial charge in [0, 0.05) is 39.6 Å². The van der Waals surface area contributed by atoms with Gasteiger partial charge < -0.3 is 34.5 Å². The summed E-state index contributed by atoms with van der Waals surface area (Å²) in [6.07, 6.45) is 1.37. The molecule has 1 saturated heterocycles. The monoisotopic (exact) mass is 525 g/mol. The van der Waals surface area contributed by atoms with Gasteiger partial charge in [-0.2, -0.15) is 0 Å². The summed E-state index contributed by atoms with van der Waals surface area (Å²) < 4.78 is 22.5.